The van der Waals surface area contributed by atoms with Crippen molar-refractivity contribution in [2.24, 2.45) is 0 Å². The molecular formula is C11H7F3IN3. The molecule has 0 fully saturated rings. The molecule has 0 radical (unpaired) electrons. The second-order valence-electron chi connectivity index (χ2n) is 3.69. The maximum atomic E-state index is 12.9. The summed E-state index contributed by atoms with van der Waals surface area (Å²) in [6, 6.07) is 6.22. The van der Waals surface area contributed by atoms with Gasteiger partial charge in [-0.15, -0.1) is 0 Å². The molecule has 1 atom stereocenters. The summed E-state index contributed by atoms with van der Waals surface area (Å²) >= 11 is 1.88. The summed E-state index contributed by atoms with van der Waals surface area (Å²) in [5.41, 5.74) is 0.877. The van der Waals surface area contributed by atoms with Crippen molar-refractivity contribution in [3.05, 3.63) is 29.6 Å². The zero-order valence-corrected chi connectivity index (χ0v) is 11.3. The molecule has 2 rings (SSSR count). The molecule has 1 aromatic carbocycles. The van der Waals surface area contributed by atoms with Gasteiger partial charge in [0.25, 0.3) is 0 Å². The summed E-state index contributed by atoms with van der Waals surface area (Å²) in [4.78, 5) is 3.60. The predicted molar refractivity (Wildman–Crippen MR) is 68.2 cm³/mol. The van der Waals surface area contributed by atoms with E-state index in [1.165, 1.54) is 18.2 Å². The number of halogens is 4. The van der Waals surface area contributed by atoms with Gasteiger partial charge in [0.15, 0.2) is 0 Å². The molecule has 1 unspecified atom stereocenters. The molecule has 1 heterocycles. The molecule has 18 heavy (non-hydrogen) atoms. The van der Waals surface area contributed by atoms with Gasteiger partial charge in [0, 0.05) is 0 Å². The third kappa shape index (κ3) is 2.16. The molecule has 0 spiro atoms. The van der Waals surface area contributed by atoms with Crippen molar-refractivity contribution in [1.29, 1.82) is 5.26 Å². The number of benzene rings is 1. The zero-order valence-electron chi connectivity index (χ0n) is 9.16. The highest BCUT2D eigenvalue weighted by molar-refractivity contribution is 14.1. The highest BCUT2D eigenvalue weighted by atomic mass is 127. The van der Waals surface area contributed by atoms with Gasteiger partial charge in [0.1, 0.15) is 0 Å². The minimum absolute atomic E-state index is 0.241. The normalized spacial score (nSPS) is 13.6. The Labute approximate surface area is 114 Å². The number of nitriles is 1. The lowest BCUT2D eigenvalue weighted by Crippen LogP contribution is -2.15. The first kappa shape index (κ1) is 13.1. The monoisotopic (exact) mass is 365 g/mol. The van der Waals surface area contributed by atoms with Crippen molar-refractivity contribution in [3.63, 3.8) is 0 Å². The Morgan fingerprint density at radius 3 is 2.61 bits per heavy atom. The Morgan fingerprint density at radius 2 is 2.11 bits per heavy atom. The molecule has 0 bridgehead atoms. The fraction of sp³-hybridized carbons (Fsp3) is 0.273. The maximum absolute atomic E-state index is 12.9. The van der Waals surface area contributed by atoms with Gasteiger partial charge in [-0.05, 0) is 25.1 Å². The largest absolute Gasteiger partial charge is 0.449 e. The van der Waals surface area contributed by atoms with Crippen molar-refractivity contribution >= 4 is 33.6 Å². The van der Waals surface area contributed by atoms with E-state index in [2.05, 4.69) is 4.98 Å². The molecule has 0 aliphatic carbocycles. The van der Waals surface area contributed by atoms with Gasteiger partial charge in [-0.1, -0.05) is 22.6 Å². The smallest absolute Gasteiger partial charge is 0.308 e. The average molecular weight is 365 g/mol. The molecule has 0 saturated carbocycles. The second kappa shape index (κ2) is 4.42. The first-order chi connectivity index (χ1) is 8.34. The van der Waals surface area contributed by atoms with Crippen molar-refractivity contribution in [2.45, 2.75) is 17.1 Å². The van der Waals surface area contributed by atoms with Crippen LogP contribution in [0.1, 0.15) is 22.4 Å². The van der Waals surface area contributed by atoms with E-state index in [9.17, 15) is 13.2 Å². The Hall–Kier alpha value is -1.30. The van der Waals surface area contributed by atoms with Crippen LogP contribution in [0.25, 0.3) is 11.0 Å². The quantitative estimate of drug-likeness (QED) is 0.569. The van der Waals surface area contributed by atoms with Gasteiger partial charge in [0.2, 0.25) is 5.82 Å². The second-order valence-corrected chi connectivity index (χ2v) is 5.50. The van der Waals surface area contributed by atoms with Crippen LogP contribution in [-0.4, -0.2) is 9.55 Å². The standard InChI is InChI=1S/C11H7F3IN3/c1-6(15)18-9-4-7(5-16)2-3-8(9)17-10(18)11(12,13)14/h2-4,6H,1H3. The SMILES string of the molecule is CC(I)n1c(C(F)(F)F)nc2ccc(C#N)cc21. The van der Waals surface area contributed by atoms with Crippen LogP contribution in [0.15, 0.2) is 18.2 Å². The van der Waals surface area contributed by atoms with E-state index in [4.69, 9.17) is 5.26 Å². The van der Waals surface area contributed by atoms with Crippen LogP contribution >= 0.6 is 22.6 Å². The van der Waals surface area contributed by atoms with Gasteiger partial charge in [-0.3, -0.25) is 0 Å². The van der Waals surface area contributed by atoms with E-state index in [-0.39, 0.29) is 5.52 Å². The number of nitrogens with zero attached hydrogens (tertiary/aromatic N) is 3. The number of hydrogen-bond acceptors (Lipinski definition) is 2. The maximum Gasteiger partial charge on any atom is 0.449 e. The molecule has 0 aliphatic rings. The molecule has 0 amide bonds. The number of aromatic nitrogens is 2. The lowest BCUT2D eigenvalue weighted by atomic mass is 10.2. The van der Waals surface area contributed by atoms with Crippen LogP contribution in [0.3, 0.4) is 0 Å². The Bertz CT molecular complexity index is 637. The minimum atomic E-state index is -4.51. The number of alkyl halides is 4. The lowest BCUT2D eigenvalue weighted by Gasteiger charge is -2.13. The van der Waals surface area contributed by atoms with Crippen LogP contribution in [0.2, 0.25) is 0 Å². The van der Waals surface area contributed by atoms with Crippen LogP contribution in [0.4, 0.5) is 13.2 Å². The molecule has 7 heteroatoms. The van der Waals surface area contributed by atoms with Crippen molar-refractivity contribution in [3.8, 4) is 6.07 Å². The Morgan fingerprint density at radius 1 is 1.44 bits per heavy atom. The van der Waals surface area contributed by atoms with Gasteiger partial charge in [-0.25, -0.2) is 4.98 Å². The van der Waals surface area contributed by atoms with Crippen LogP contribution < -0.4 is 0 Å². The minimum Gasteiger partial charge on any atom is -0.308 e. The molecule has 3 nitrogen and oxygen atoms in total. The van der Waals surface area contributed by atoms with E-state index in [1.54, 1.807) is 6.92 Å². The van der Waals surface area contributed by atoms with E-state index in [0.717, 1.165) is 4.57 Å². The van der Waals surface area contributed by atoms with E-state index in [0.29, 0.717) is 11.1 Å². The molecule has 94 valence electrons. The van der Waals surface area contributed by atoms with Crippen molar-refractivity contribution < 1.29 is 13.2 Å². The molecular weight excluding hydrogens is 358 g/mol. The fourth-order valence-electron chi connectivity index (χ4n) is 1.72. The zero-order chi connectivity index (χ0) is 13.5. The van der Waals surface area contributed by atoms with E-state index >= 15 is 0 Å². The van der Waals surface area contributed by atoms with Gasteiger partial charge < -0.3 is 4.57 Å². The summed E-state index contributed by atoms with van der Waals surface area (Å²) < 4.78 is 39.3. The number of fused-ring (bicyclic) bond motifs is 1. The Kier molecular flexibility index (Phi) is 3.23. The third-order valence-corrected chi connectivity index (χ3v) is 2.98. The van der Waals surface area contributed by atoms with Crippen LogP contribution in [0.5, 0.6) is 0 Å². The van der Waals surface area contributed by atoms with Gasteiger partial charge in [0.05, 0.1) is 26.7 Å². The highest BCUT2D eigenvalue weighted by Crippen LogP contribution is 2.35. The lowest BCUT2D eigenvalue weighted by molar-refractivity contribution is -0.146. The predicted octanol–water partition coefficient (Wildman–Crippen LogP) is 3.88. The molecule has 0 aliphatic heterocycles. The number of hydrogen-bond donors (Lipinski definition) is 0. The highest BCUT2D eigenvalue weighted by Gasteiger charge is 2.38. The molecule has 1 aromatic heterocycles. The summed E-state index contributed by atoms with van der Waals surface area (Å²) in [7, 11) is 0. The topological polar surface area (TPSA) is 41.6 Å². The summed E-state index contributed by atoms with van der Waals surface area (Å²) in [5, 5.41) is 8.79. The van der Waals surface area contributed by atoms with Crippen molar-refractivity contribution in [1.82, 2.24) is 9.55 Å². The van der Waals surface area contributed by atoms with E-state index in [1.807, 2.05) is 28.7 Å². The number of imidazole rings is 1. The Balaban J connectivity index is 2.82. The molecule has 2 aromatic rings. The van der Waals surface area contributed by atoms with Gasteiger partial charge >= 0.3 is 6.18 Å². The summed E-state index contributed by atoms with van der Waals surface area (Å²) in [5.74, 6) is -0.936. The van der Waals surface area contributed by atoms with Crippen LogP contribution in [-0.2, 0) is 6.18 Å². The third-order valence-electron chi connectivity index (χ3n) is 2.43. The molecule has 0 N–H and O–H groups in total. The summed E-state index contributed by atoms with van der Waals surface area (Å²) in [6.07, 6.45) is -4.51. The van der Waals surface area contributed by atoms with Crippen molar-refractivity contribution in [2.75, 3.05) is 0 Å². The first-order valence-electron chi connectivity index (χ1n) is 4.98. The average Bonchev–Trinajstić information content (AvgIpc) is 2.66. The molecule has 0 saturated heterocycles. The number of rotatable bonds is 1. The first-order valence-corrected chi connectivity index (χ1v) is 6.22. The fourth-order valence-corrected chi connectivity index (χ4v) is 2.29. The van der Waals surface area contributed by atoms with Gasteiger partial charge in [-0.2, -0.15) is 18.4 Å². The van der Waals surface area contributed by atoms with E-state index < -0.39 is 16.0 Å². The summed E-state index contributed by atoms with van der Waals surface area (Å²) in [6.45, 7) is 1.63. The van der Waals surface area contributed by atoms with Crippen LogP contribution in [0, 0.1) is 11.3 Å².